The molecule has 0 aliphatic rings. The second kappa shape index (κ2) is 9.38. The highest BCUT2D eigenvalue weighted by Crippen LogP contribution is 2.21. The average Bonchev–Trinajstić information content (AvgIpc) is 2.76. The molecule has 0 aliphatic heterocycles. The van der Waals surface area contributed by atoms with Crippen LogP contribution in [0, 0.1) is 11.3 Å². The molecule has 0 unspecified atom stereocenters. The monoisotopic (exact) mass is 385 g/mol. The molecule has 1 heterocycles. The zero-order chi connectivity index (χ0) is 20.6. The molecule has 0 saturated heterocycles. The Labute approximate surface area is 170 Å². The lowest BCUT2D eigenvalue weighted by atomic mass is 10.2. The lowest BCUT2D eigenvalue weighted by molar-refractivity contribution is 0.102. The van der Waals surface area contributed by atoms with E-state index < -0.39 is 0 Å². The third-order valence-corrected chi connectivity index (χ3v) is 4.59. The fourth-order valence-electron chi connectivity index (χ4n) is 2.98. The number of benzene rings is 2. The van der Waals surface area contributed by atoms with E-state index >= 15 is 0 Å². The first-order valence-corrected chi connectivity index (χ1v) is 9.53. The molecule has 0 bridgehead atoms. The van der Waals surface area contributed by atoms with Crippen molar-refractivity contribution in [2.45, 2.75) is 13.8 Å². The molecule has 29 heavy (non-hydrogen) atoms. The molecule has 3 rings (SSSR count). The van der Waals surface area contributed by atoms with Gasteiger partial charge in [0.05, 0.1) is 16.8 Å². The van der Waals surface area contributed by atoms with Crippen LogP contribution in [0.25, 0.3) is 0 Å². The Morgan fingerprint density at radius 2 is 1.76 bits per heavy atom. The summed E-state index contributed by atoms with van der Waals surface area (Å²) in [5.41, 5.74) is 3.42. The molecule has 0 radical (unpaired) electrons. The van der Waals surface area contributed by atoms with Gasteiger partial charge in [-0.15, -0.1) is 0 Å². The molecule has 3 aromatic rings. The maximum absolute atomic E-state index is 12.4. The Bertz CT molecular complexity index is 1000. The zero-order valence-corrected chi connectivity index (χ0v) is 16.5. The number of rotatable bonds is 7. The molecule has 146 valence electrons. The van der Waals surface area contributed by atoms with Gasteiger partial charge in [-0.25, -0.2) is 4.98 Å². The second-order valence-corrected chi connectivity index (χ2v) is 6.39. The summed E-state index contributed by atoms with van der Waals surface area (Å²) in [6.45, 7) is 6.20. The third-order valence-electron chi connectivity index (χ3n) is 4.59. The predicted octanol–water partition coefficient (Wildman–Crippen LogP) is 4.80. The number of hydrogen-bond donors (Lipinski definition) is 2. The maximum Gasteiger partial charge on any atom is 0.257 e. The molecular formula is C23H23N5O. The summed E-state index contributed by atoms with van der Waals surface area (Å²) in [5.74, 6) is 0.338. The highest BCUT2D eigenvalue weighted by molar-refractivity contribution is 6.04. The summed E-state index contributed by atoms with van der Waals surface area (Å²) in [6.07, 6.45) is 1.51. The summed E-state index contributed by atoms with van der Waals surface area (Å²) in [7, 11) is 0. The Kier molecular flexibility index (Phi) is 6.43. The van der Waals surface area contributed by atoms with Gasteiger partial charge >= 0.3 is 0 Å². The number of pyridine rings is 1. The molecule has 0 atom stereocenters. The van der Waals surface area contributed by atoms with Crippen molar-refractivity contribution >= 4 is 28.8 Å². The molecule has 2 N–H and O–H groups in total. The van der Waals surface area contributed by atoms with E-state index in [0.717, 1.165) is 18.8 Å². The van der Waals surface area contributed by atoms with Gasteiger partial charge in [-0.3, -0.25) is 4.79 Å². The van der Waals surface area contributed by atoms with Gasteiger partial charge < -0.3 is 15.5 Å². The van der Waals surface area contributed by atoms with Crippen molar-refractivity contribution in [2.75, 3.05) is 28.6 Å². The minimum Gasteiger partial charge on any atom is -0.372 e. The van der Waals surface area contributed by atoms with E-state index in [4.69, 9.17) is 5.26 Å². The molecule has 6 nitrogen and oxygen atoms in total. The summed E-state index contributed by atoms with van der Waals surface area (Å²) >= 11 is 0. The van der Waals surface area contributed by atoms with E-state index in [1.807, 2.05) is 12.1 Å². The Hall–Kier alpha value is -3.85. The first-order chi connectivity index (χ1) is 14.1. The van der Waals surface area contributed by atoms with Crippen LogP contribution in [0.4, 0.5) is 22.9 Å². The number of hydrogen-bond acceptors (Lipinski definition) is 5. The smallest absolute Gasteiger partial charge is 0.257 e. The first kappa shape index (κ1) is 19.9. The lowest BCUT2D eigenvalue weighted by Gasteiger charge is -2.21. The van der Waals surface area contributed by atoms with Crippen LogP contribution < -0.4 is 15.5 Å². The van der Waals surface area contributed by atoms with Crippen molar-refractivity contribution in [1.82, 2.24) is 4.98 Å². The van der Waals surface area contributed by atoms with E-state index in [1.54, 1.807) is 36.4 Å². The van der Waals surface area contributed by atoms with Crippen molar-refractivity contribution in [3.8, 4) is 6.07 Å². The summed E-state index contributed by atoms with van der Waals surface area (Å²) in [4.78, 5) is 19.0. The van der Waals surface area contributed by atoms with E-state index in [2.05, 4.69) is 52.6 Å². The topological polar surface area (TPSA) is 81.0 Å². The van der Waals surface area contributed by atoms with Crippen LogP contribution in [0.15, 0.2) is 66.9 Å². The van der Waals surface area contributed by atoms with Crippen LogP contribution in [0.1, 0.15) is 29.8 Å². The molecule has 0 spiro atoms. The van der Waals surface area contributed by atoms with Crippen LogP contribution in [0.2, 0.25) is 0 Å². The third kappa shape index (κ3) is 4.90. The van der Waals surface area contributed by atoms with Crippen molar-refractivity contribution in [3.05, 3.63) is 78.0 Å². The highest BCUT2D eigenvalue weighted by Gasteiger charge is 2.09. The minimum absolute atomic E-state index is 0.310. The molecule has 6 heteroatoms. The Balaban J connectivity index is 1.65. The number of para-hydroxylation sites is 1. The number of aromatic nitrogens is 1. The second-order valence-electron chi connectivity index (χ2n) is 6.39. The fraction of sp³-hybridized carbons (Fsp3) is 0.174. The van der Waals surface area contributed by atoms with Gasteiger partial charge in [0, 0.05) is 30.7 Å². The Morgan fingerprint density at radius 1 is 1.03 bits per heavy atom. The van der Waals surface area contributed by atoms with Crippen LogP contribution in [0.3, 0.4) is 0 Å². The zero-order valence-electron chi connectivity index (χ0n) is 16.5. The number of nitrogens with zero attached hydrogens (tertiary/aromatic N) is 3. The van der Waals surface area contributed by atoms with Crippen molar-refractivity contribution in [1.29, 1.82) is 5.26 Å². The van der Waals surface area contributed by atoms with Crippen molar-refractivity contribution < 1.29 is 4.79 Å². The van der Waals surface area contributed by atoms with Crippen LogP contribution in [-0.2, 0) is 0 Å². The number of carbonyl (C=O) groups excluding carboxylic acids is 1. The van der Waals surface area contributed by atoms with Gasteiger partial charge in [0.25, 0.3) is 5.91 Å². The minimum atomic E-state index is -0.310. The van der Waals surface area contributed by atoms with Gasteiger partial charge in [-0.2, -0.15) is 5.26 Å². The van der Waals surface area contributed by atoms with Gasteiger partial charge in [0.2, 0.25) is 0 Å². The van der Waals surface area contributed by atoms with Crippen molar-refractivity contribution in [2.24, 2.45) is 0 Å². The molecule has 1 amide bonds. The SMILES string of the molecule is CCN(CC)c1ccc(Nc2ccc(C(=O)Nc3ccccc3C#N)cn2)cc1. The first-order valence-electron chi connectivity index (χ1n) is 9.53. The molecular weight excluding hydrogens is 362 g/mol. The van der Waals surface area contributed by atoms with Gasteiger partial charge in [0.15, 0.2) is 0 Å². The molecule has 0 fully saturated rings. The quantitative estimate of drug-likeness (QED) is 0.611. The van der Waals surface area contributed by atoms with Crippen LogP contribution >= 0.6 is 0 Å². The standard InChI is InChI=1S/C23H23N5O/c1-3-28(4-2)20-12-10-19(11-13-20)26-22-14-9-18(16-25-22)23(29)27-21-8-6-5-7-17(21)15-24/h5-14,16H,3-4H2,1-2H3,(H,25,26)(H,27,29). The summed E-state index contributed by atoms with van der Waals surface area (Å²) in [5, 5.41) is 15.1. The average molecular weight is 385 g/mol. The molecule has 0 aliphatic carbocycles. The van der Waals surface area contributed by atoms with Gasteiger partial charge in [-0.05, 0) is 62.4 Å². The van der Waals surface area contributed by atoms with Crippen LogP contribution in [-0.4, -0.2) is 24.0 Å². The van der Waals surface area contributed by atoms with Crippen LogP contribution in [0.5, 0.6) is 0 Å². The van der Waals surface area contributed by atoms with E-state index in [-0.39, 0.29) is 5.91 Å². The largest absolute Gasteiger partial charge is 0.372 e. The van der Waals surface area contributed by atoms with Crippen molar-refractivity contribution in [3.63, 3.8) is 0 Å². The molecule has 0 saturated carbocycles. The summed E-state index contributed by atoms with van der Waals surface area (Å²) in [6, 6.07) is 20.6. The number of nitrogens with one attached hydrogen (secondary N) is 2. The molecule has 1 aromatic heterocycles. The number of nitriles is 1. The Morgan fingerprint density at radius 3 is 2.38 bits per heavy atom. The molecule has 2 aromatic carbocycles. The lowest BCUT2D eigenvalue weighted by Crippen LogP contribution is -2.21. The maximum atomic E-state index is 12.4. The van der Waals surface area contributed by atoms with Gasteiger partial charge in [0.1, 0.15) is 11.9 Å². The normalized spacial score (nSPS) is 10.1. The summed E-state index contributed by atoms with van der Waals surface area (Å²) < 4.78 is 0. The fourth-order valence-corrected chi connectivity index (χ4v) is 2.98. The number of carbonyl (C=O) groups is 1. The predicted molar refractivity (Wildman–Crippen MR) is 117 cm³/mol. The highest BCUT2D eigenvalue weighted by atomic mass is 16.1. The van der Waals surface area contributed by atoms with E-state index in [9.17, 15) is 4.79 Å². The van der Waals surface area contributed by atoms with E-state index in [1.165, 1.54) is 11.9 Å². The number of anilines is 4. The number of amides is 1. The van der Waals surface area contributed by atoms with Gasteiger partial charge in [-0.1, -0.05) is 12.1 Å². The van der Waals surface area contributed by atoms with E-state index in [0.29, 0.717) is 22.6 Å².